The predicted octanol–water partition coefficient (Wildman–Crippen LogP) is 1.47. The molecule has 0 fully saturated rings. The van der Waals surface area contributed by atoms with Gasteiger partial charge in [0.2, 0.25) is 10.0 Å². The molecule has 0 aliphatic heterocycles. The fraction of sp³-hybridized carbons (Fsp3) is 0.111. The zero-order chi connectivity index (χ0) is 19.6. The van der Waals surface area contributed by atoms with E-state index < -0.39 is 22.6 Å². The molecule has 0 aliphatic carbocycles. The van der Waals surface area contributed by atoms with Crippen molar-refractivity contribution in [1.29, 1.82) is 0 Å². The molecular weight excluding hydrogens is 370 g/mol. The third-order valence-electron chi connectivity index (χ3n) is 3.94. The summed E-state index contributed by atoms with van der Waals surface area (Å²) in [4.78, 5) is 11.7. The molecule has 1 heterocycles. The Balaban J connectivity index is 2.22. The zero-order valence-corrected chi connectivity index (χ0v) is 15.2. The van der Waals surface area contributed by atoms with Gasteiger partial charge in [-0.1, -0.05) is 30.3 Å². The molecule has 1 aromatic heterocycles. The van der Waals surface area contributed by atoms with E-state index in [1.165, 1.54) is 30.0 Å². The molecule has 0 saturated heterocycles. The molecule has 140 valence electrons. The minimum Gasteiger partial charge on any atom is -0.464 e. The van der Waals surface area contributed by atoms with Gasteiger partial charge in [0.05, 0.1) is 30.0 Å². The number of ether oxygens (including phenoxy) is 1. The molecule has 0 atom stereocenters. The predicted molar refractivity (Wildman–Crippen MR) is 97.6 cm³/mol. The molecule has 0 spiro atoms. The van der Waals surface area contributed by atoms with Crippen molar-refractivity contribution in [3.63, 3.8) is 0 Å². The quantitative estimate of drug-likeness (QED) is 0.639. The summed E-state index contributed by atoms with van der Waals surface area (Å²) in [5, 5.41) is 19.0. The van der Waals surface area contributed by atoms with Crippen LogP contribution in [0, 0.1) is 0 Å². The molecule has 3 rings (SSSR count). The number of nitrogens with two attached hydrogens (primary N) is 1. The van der Waals surface area contributed by atoms with Crippen LogP contribution in [0.25, 0.3) is 16.9 Å². The molecule has 0 unspecified atom stereocenters. The number of sulfonamides is 1. The first-order chi connectivity index (χ1) is 12.8. The number of aliphatic hydroxyl groups excluding tert-OH is 1. The molecule has 0 aliphatic rings. The van der Waals surface area contributed by atoms with Crippen LogP contribution in [-0.2, 0) is 21.4 Å². The van der Waals surface area contributed by atoms with Crippen LogP contribution in [0.15, 0.2) is 59.5 Å². The lowest BCUT2D eigenvalue weighted by atomic mass is 10.1. The van der Waals surface area contributed by atoms with E-state index in [1.54, 1.807) is 6.07 Å². The second-order valence-corrected chi connectivity index (χ2v) is 7.21. The SMILES string of the molecule is COC(=O)c1cc(-c2ccccc2)n(-c2ccc(S(N)(=O)=O)c(CO)c2)n1. The Morgan fingerprint density at radius 2 is 1.89 bits per heavy atom. The van der Waals surface area contributed by atoms with Crippen molar-refractivity contribution >= 4 is 16.0 Å². The average Bonchev–Trinajstić information content (AvgIpc) is 3.12. The zero-order valence-electron chi connectivity index (χ0n) is 14.4. The summed E-state index contributed by atoms with van der Waals surface area (Å²) < 4.78 is 29.5. The summed E-state index contributed by atoms with van der Waals surface area (Å²) in [6.45, 7) is -0.522. The Hall–Kier alpha value is -3.01. The first kappa shape index (κ1) is 18.8. The normalized spacial score (nSPS) is 11.4. The lowest BCUT2D eigenvalue weighted by molar-refractivity contribution is 0.0593. The van der Waals surface area contributed by atoms with Crippen molar-refractivity contribution in [3.8, 4) is 16.9 Å². The van der Waals surface area contributed by atoms with Gasteiger partial charge in [-0.05, 0) is 29.8 Å². The van der Waals surface area contributed by atoms with E-state index in [-0.39, 0.29) is 16.2 Å². The first-order valence-electron chi connectivity index (χ1n) is 7.86. The van der Waals surface area contributed by atoms with Crippen LogP contribution in [0.2, 0.25) is 0 Å². The number of aliphatic hydroxyl groups is 1. The van der Waals surface area contributed by atoms with E-state index in [4.69, 9.17) is 9.88 Å². The van der Waals surface area contributed by atoms with Gasteiger partial charge < -0.3 is 9.84 Å². The lowest BCUT2D eigenvalue weighted by Gasteiger charge is -2.11. The molecule has 8 nitrogen and oxygen atoms in total. The highest BCUT2D eigenvalue weighted by atomic mass is 32.2. The highest BCUT2D eigenvalue weighted by Crippen LogP contribution is 2.26. The van der Waals surface area contributed by atoms with Gasteiger partial charge in [-0.15, -0.1) is 0 Å². The molecular formula is C18H17N3O5S. The standard InChI is InChI=1S/C18H17N3O5S/c1-26-18(23)15-10-16(12-5-3-2-4-6-12)21(20-15)14-7-8-17(27(19,24)25)13(9-14)11-22/h2-10,22H,11H2,1H3,(H2,19,24,25). The molecule has 0 bridgehead atoms. The van der Waals surface area contributed by atoms with Crippen molar-refractivity contribution in [1.82, 2.24) is 9.78 Å². The van der Waals surface area contributed by atoms with Crippen LogP contribution < -0.4 is 5.14 Å². The first-order valence-corrected chi connectivity index (χ1v) is 9.40. The Kier molecular flexibility index (Phi) is 5.08. The summed E-state index contributed by atoms with van der Waals surface area (Å²) >= 11 is 0. The van der Waals surface area contributed by atoms with Gasteiger partial charge in [-0.3, -0.25) is 0 Å². The highest BCUT2D eigenvalue weighted by molar-refractivity contribution is 7.89. The smallest absolute Gasteiger partial charge is 0.358 e. The van der Waals surface area contributed by atoms with E-state index in [2.05, 4.69) is 5.10 Å². The molecule has 0 amide bonds. The summed E-state index contributed by atoms with van der Waals surface area (Å²) in [6, 6.07) is 15.1. The number of hydrogen-bond acceptors (Lipinski definition) is 6. The molecule has 0 saturated carbocycles. The monoisotopic (exact) mass is 387 g/mol. The van der Waals surface area contributed by atoms with Crippen molar-refractivity contribution in [2.45, 2.75) is 11.5 Å². The van der Waals surface area contributed by atoms with Gasteiger partial charge in [-0.25, -0.2) is 23.0 Å². The maximum atomic E-state index is 11.9. The van der Waals surface area contributed by atoms with Crippen molar-refractivity contribution in [2.24, 2.45) is 5.14 Å². The number of hydrogen-bond donors (Lipinski definition) is 2. The van der Waals surface area contributed by atoms with Crippen LogP contribution >= 0.6 is 0 Å². The number of nitrogens with zero attached hydrogens (tertiary/aromatic N) is 2. The Morgan fingerprint density at radius 3 is 2.48 bits per heavy atom. The number of rotatable bonds is 5. The van der Waals surface area contributed by atoms with E-state index in [9.17, 15) is 18.3 Å². The number of benzene rings is 2. The second-order valence-electron chi connectivity index (χ2n) is 5.68. The van der Waals surface area contributed by atoms with E-state index in [1.807, 2.05) is 30.3 Å². The average molecular weight is 387 g/mol. The van der Waals surface area contributed by atoms with E-state index in [0.717, 1.165) is 5.56 Å². The Bertz CT molecular complexity index is 1090. The van der Waals surface area contributed by atoms with Gasteiger partial charge in [0.15, 0.2) is 5.69 Å². The summed E-state index contributed by atoms with van der Waals surface area (Å²) in [7, 11) is -2.72. The molecule has 27 heavy (non-hydrogen) atoms. The van der Waals surface area contributed by atoms with Gasteiger partial charge >= 0.3 is 5.97 Å². The van der Waals surface area contributed by atoms with E-state index >= 15 is 0 Å². The number of carbonyl (C=O) groups is 1. The van der Waals surface area contributed by atoms with Gasteiger partial charge in [0.1, 0.15) is 0 Å². The Labute approximate surface area is 155 Å². The number of esters is 1. The number of carbonyl (C=O) groups excluding carboxylic acids is 1. The third-order valence-corrected chi connectivity index (χ3v) is 4.95. The van der Waals surface area contributed by atoms with Crippen LogP contribution in [0.3, 0.4) is 0 Å². The largest absolute Gasteiger partial charge is 0.464 e. The molecule has 0 radical (unpaired) electrons. The third kappa shape index (κ3) is 3.75. The molecule has 3 N–H and O–H groups in total. The number of aromatic nitrogens is 2. The topological polar surface area (TPSA) is 125 Å². The lowest BCUT2D eigenvalue weighted by Crippen LogP contribution is -2.15. The summed E-state index contributed by atoms with van der Waals surface area (Å²) in [5.41, 5.74) is 2.08. The number of methoxy groups -OCH3 is 1. The summed E-state index contributed by atoms with van der Waals surface area (Å²) in [6.07, 6.45) is 0. The fourth-order valence-electron chi connectivity index (χ4n) is 2.70. The maximum absolute atomic E-state index is 11.9. The van der Waals surface area contributed by atoms with E-state index in [0.29, 0.717) is 11.4 Å². The van der Waals surface area contributed by atoms with Crippen molar-refractivity contribution in [2.75, 3.05) is 7.11 Å². The van der Waals surface area contributed by atoms with Crippen LogP contribution in [-0.4, -0.2) is 36.4 Å². The molecule has 9 heteroatoms. The molecule has 3 aromatic rings. The van der Waals surface area contributed by atoms with Gasteiger partial charge in [0.25, 0.3) is 0 Å². The van der Waals surface area contributed by atoms with Crippen LogP contribution in [0.1, 0.15) is 16.1 Å². The minimum absolute atomic E-state index is 0.0948. The molecule has 2 aromatic carbocycles. The van der Waals surface area contributed by atoms with Crippen molar-refractivity contribution in [3.05, 3.63) is 65.9 Å². The van der Waals surface area contributed by atoms with Gasteiger partial charge in [-0.2, -0.15) is 5.10 Å². The minimum atomic E-state index is -3.98. The van der Waals surface area contributed by atoms with Crippen molar-refractivity contribution < 1.29 is 23.1 Å². The van der Waals surface area contributed by atoms with Gasteiger partial charge in [0, 0.05) is 5.56 Å². The second kappa shape index (κ2) is 7.31. The maximum Gasteiger partial charge on any atom is 0.358 e. The fourth-order valence-corrected chi connectivity index (χ4v) is 3.44. The van der Waals surface area contributed by atoms with Crippen LogP contribution in [0.5, 0.6) is 0 Å². The highest BCUT2D eigenvalue weighted by Gasteiger charge is 2.19. The number of primary sulfonamides is 1. The summed E-state index contributed by atoms with van der Waals surface area (Å²) in [5.74, 6) is -0.602. The van der Waals surface area contributed by atoms with Crippen LogP contribution in [0.4, 0.5) is 0 Å². The Morgan fingerprint density at radius 1 is 1.19 bits per heavy atom.